The van der Waals surface area contributed by atoms with Gasteiger partial charge in [-0.15, -0.1) is 0 Å². The van der Waals surface area contributed by atoms with Crippen molar-refractivity contribution < 1.29 is 31.5 Å². The molecule has 2 aromatic carbocycles. The van der Waals surface area contributed by atoms with Crippen LogP contribution in [-0.4, -0.2) is 5.97 Å². The number of ether oxygens (including phenoxy) is 1. The van der Waals surface area contributed by atoms with Crippen LogP contribution in [0.1, 0.15) is 72.9 Å². The van der Waals surface area contributed by atoms with Gasteiger partial charge in [0.05, 0.1) is 5.56 Å². The van der Waals surface area contributed by atoms with Gasteiger partial charge < -0.3 is 4.74 Å². The van der Waals surface area contributed by atoms with Gasteiger partial charge in [0.1, 0.15) is 22.9 Å². The van der Waals surface area contributed by atoms with Gasteiger partial charge in [-0.25, -0.2) is 13.6 Å². The molecular weight excluding hydrogens is 451 g/mol. The Morgan fingerprint density at radius 1 is 0.941 bits per heavy atom. The smallest absolute Gasteiger partial charge is 0.422 e. The third-order valence-corrected chi connectivity index (χ3v) is 7.25. The van der Waals surface area contributed by atoms with E-state index in [4.69, 9.17) is 4.74 Å². The fraction of sp³-hybridized carbons (Fsp3) is 0.444. The molecule has 2 nitrogen and oxygen atoms in total. The third-order valence-electron chi connectivity index (χ3n) is 7.25. The average molecular weight is 479 g/mol. The number of benzene rings is 2. The molecule has 0 radical (unpaired) electrons. The molecule has 0 bridgehead atoms. The van der Waals surface area contributed by atoms with Gasteiger partial charge in [0.2, 0.25) is 0 Å². The van der Waals surface area contributed by atoms with Gasteiger partial charge in [-0.05, 0) is 86.8 Å². The predicted octanol–water partition coefficient (Wildman–Crippen LogP) is 8.08. The van der Waals surface area contributed by atoms with Crippen LogP contribution < -0.4 is 4.74 Å². The summed E-state index contributed by atoms with van der Waals surface area (Å²) in [6.45, 7) is 2.07. The van der Waals surface area contributed by atoms with E-state index in [2.05, 4.69) is 19.1 Å². The Hall–Kier alpha value is -2.70. The highest BCUT2D eigenvalue weighted by atomic mass is 19.4. The molecule has 2 fully saturated rings. The van der Waals surface area contributed by atoms with Crippen molar-refractivity contribution in [2.45, 2.75) is 57.5 Å². The summed E-state index contributed by atoms with van der Waals surface area (Å²) < 4.78 is 70.5. The van der Waals surface area contributed by atoms with Gasteiger partial charge in [-0.2, -0.15) is 13.2 Å². The van der Waals surface area contributed by atoms with E-state index in [9.17, 15) is 26.7 Å². The predicted molar refractivity (Wildman–Crippen MR) is 118 cm³/mol. The second-order valence-electron chi connectivity index (χ2n) is 9.40. The van der Waals surface area contributed by atoms with Gasteiger partial charge in [0.25, 0.3) is 0 Å². The maximum absolute atomic E-state index is 13.7. The minimum atomic E-state index is -5.18. The van der Waals surface area contributed by atoms with Crippen LogP contribution in [0.15, 0.2) is 48.6 Å². The van der Waals surface area contributed by atoms with Crippen LogP contribution >= 0.6 is 0 Å². The van der Waals surface area contributed by atoms with Crippen LogP contribution in [0.4, 0.5) is 22.0 Å². The highest BCUT2D eigenvalue weighted by Crippen LogP contribution is 2.47. The molecule has 4 rings (SSSR count). The summed E-state index contributed by atoms with van der Waals surface area (Å²) in [5.41, 5.74) is -0.719. The molecule has 2 aliphatic rings. The number of carbonyl (C=O) groups excluding carboxylic acids is 1. The Labute approximate surface area is 195 Å². The van der Waals surface area contributed by atoms with E-state index < -0.39 is 35.1 Å². The lowest BCUT2D eigenvalue weighted by Gasteiger charge is -2.41. The molecule has 7 heteroatoms. The van der Waals surface area contributed by atoms with E-state index in [1.54, 1.807) is 12.1 Å². The zero-order valence-corrected chi connectivity index (χ0v) is 18.9. The number of fused-ring (bicyclic) bond motifs is 1. The lowest BCUT2D eigenvalue weighted by atomic mass is 9.64. The summed E-state index contributed by atoms with van der Waals surface area (Å²) in [5.74, 6) is -2.58. The quantitative estimate of drug-likeness (QED) is 0.192. The number of alkyl halides is 3. The molecule has 2 aliphatic carbocycles. The van der Waals surface area contributed by atoms with Crippen LogP contribution in [-0.2, 0) is 6.18 Å². The summed E-state index contributed by atoms with van der Waals surface area (Å²) in [6.07, 6.45) is 6.43. The number of allylic oxidation sites excluding steroid dienone is 2. The zero-order chi connectivity index (χ0) is 24.5. The van der Waals surface area contributed by atoms with E-state index in [1.807, 2.05) is 12.1 Å². The summed E-state index contributed by atoms with van der Waals surface area (Å²) in [6, 6.07) is 7.62. The molecule has 34 heavy (non-hydrogen) atoms. The van der Waals surface area contributed by atoms with Crippen molar-refractivity contribution in [3.8, 4) is 5.75 Å². The molecule has 0 aromatic heterocycles. The molecule has 0 heterocycles. The lowest BCUT2D eigenvalue weighted by Crippen LogP contribution is -2.30. The fourth-order valence-electron chi connectivity index (χ4n) is 5.61. The molecule has 4 unspecified atom stereocenters. The van der Waals surface area contributed by atoms with Crippen molar-refractivity contribution in [3.05, 3.63) is 76.9 Å². The van der Waals surface area contributed by atoms with Crippen molar-refractivity contribution in [1.29, 1.82) is 0 Å². The Kier molecular flexibility index (Phi) is 7.10. The number of hydrogen-bond donors (Lipinski definition) is 0. The second-order valence-corrected chi connectivity index (χ2v) is 9.40. The molecule has 0 saturated heterocycles. The summed E-state index contributed by atoms with van der Waals surface area (Å²) in [4.78, 5) is 12.4. The van der Waals surface area contributed by atoms with Crippen molar-refractivity contribution >= 4 is 5.97 Å². The first kappa shape index (κ1) is 24.4. The molecule has 0 spiro atoms. The topological polar surface area (TPSA) is 26.3 Å². The number of hydrogen-bond acceptors (Lipinski definition) is 2. The van der Waals surface area contributed by atoms with Crippen molar-refractivity contribution in [3.63, 3.8) is 0 Å². The first-order valence-corrected chi connectivity index (χ1v) is 11.7. The van der Waals surface area contributed by atoms with Gasteiger partial charge in [-0.1, -0.05) is 24.3 Å². The molecule has 182 valence electrons. The minimum Gasteiger partial charge on any atom is -0.423 e. The molecule has 0 N–H and O–H groups in total. The number of esters is 1. The fourth-order valence-corrected chi connectivity index (χ4v) is 5.61. The number of rotatable bonds is 4. The van der Waals surface area contributed by atoms with Crippen molar-refractivity contribution in [2.75, 3.05) is 0 Å². The van der Waals surface area contributed by atoms with Crippen molar-refractivity contribution in [1.82, 2.24) is 0 Å². The highest BCUT2D eigenvalue weighted by molar-refractivity contribution is 5.91. The molecular formula is C27H27F5O2. The largest absolute Gasteiger partial charge is 0.423 e. The normalized spacial score (nSPS) is 25.2. The second kappa shape index (κ2) is 9.88. The van der Waals surface area contributed by atoms with E-state index in [0.29, 0.717) is 24.0 Å². The minimum absolute atomic E-state index is 0.157. The van der Waals surface area contributed by atoms with Crippen LogP contribution in [0.5, 0.6) is 5.75 Å². The van der Waals surface area contributed by atoms with E-state index >= 15 is 0 Å². The van der Waals surface area contributed by atoms with Gasteiger partial charge >= 0.3 is 12.1 Å². The first-order chi connectivity index (χ1) is 16.2. The van der Waals surface area contributed by atoms with Crippen LogP contribution in [0.25, 0.3) is 0 Å². The maximum Gasteiger partial charge on any atom is 0.422 e. The molecule has 2 aromatic rings. The van der Waals surface area contributed by atoms with Crippen molar-refractivity contribution in [2.24, 2.45) is 17.8 Å². The maximum atomic E-state index is 13.7. The SMILES string of the molecule is C/C=C/C1CCC2CC(c3ccc(C(=O)Oc4cc(F)c(C(F)(F)F)c(F)c4)cc3)CCC2C1. The Balaban J connectivity index is 1.39. The van der Waals surface area contributed by atoms with E-state index in [1.165, 1.54) is 25.7 Å². The third kappa shape index (κ3) is 5.34. The zero-order valence-electron chi connectivity index (χ0n) is 18.9. The summed E-state index contributed by atoms with van der Waals surface area (Å²) in [7, 11) is 0. The molecule has 0 amide bonds. The van der Waals surface area contributed by atoms with Gasteiger partial charge in [0, 0.05) is 12.1 Å². The Morgan fingerprint density at radius 3 is 2.18 bits per heavy atom. The van der Waals surface area contributed by atoms with Crippen LogP contribution in [0.3, 0.4) is 0 Å². The summed E-state index contributed by atoms with van der Waals surface area (Å²) >= 11 is 0. The monoisotopic (exact) mass is 478 g/mol. The van der Waals surface area contributed by atoms with E-state index in [-0.39, 0.29) is 5.56 Å². The molecule has 0 aliphatic heterocycles. The number of halogens is 5. The summed E-state index contributed by atoms with van der Waals surface area (Å²) in [5, 5.41) is 0. The first-order valence-electron chi connectivity index (χ1n) is 11.7. The Bertz CT molecular complexity index is 1030. The highest BCUT2D eigenvalue weighted by Gasteiger charge is 2.38. The Morgan fingerprint density at radius 2 is 1.56 bits per heavy atom. The van der Waals surface area contributed by atoms with Crippen LogP contribution in [0, 0.1) is 29.4 Å². The average Bonchev–Trinajstić information content (AvgIpc) is 2.77. The van der Waals surface area contributed by atoms with E-state index in [0.717, 1.165) is 30.2 Å². The molecule has 2 saturated carbocycles. The molecule has 4 atom stereocenters. The number of carbonyl (C=O) groups is 1. The van der Waals surface area contributed by atoms with Crippen LogP contribution in [0.2, 0.25) is 0 Å². The lowest BCUT2D eigenvalue weighted by molar-refractivity contribution is -0.142. The van der Waals surface area contributed by atoms with Gasteiger partial charge in [0.15, 0.2) is 0 Å². The standard InChI is InChI=1S/C27H27F5O2/c1-2-3-16-4-5-21-13-20(11-10-19(21)12-16)17-6-8-18(9-7-17)26(33)34-22-14-23(28)25(24(29)15-22)27(30,31)32/h2-3,6-9,14-16,19-21H,4-5,10-13H2,1H3/b3-2+. The van der Waals surface area contributed by atoms with Gasteiger partial charge in [-0.3, -0.25) is 0 Å².